The molecule has 9 heteroatoms. The Morgan fingerprint density at radius 3 is 2.48 bits per heavy atom. The van der Waals surface area contributed by atoms with Crippen molar-refractivity contribution in [3.8, 4) is 0 Å². The average molecular weight is 436 g/mol. The lowest BCUT2D eigenvalue weighted by Crippen LogP contribution is -2.26. The number of aryl methyl sites for hydroxylation is 1. The zero-order valence-electron chi connectivity index (χ0n) is 16.3. The first-order chi connectivity index (χ1) is 13.9. The molecular formula is C20H25N3O4S2. The van der Waals surface area contributed by atoms with E-state index in [4.69, 9.17) is 4.74 Å². The van der Waals surface area contributed by atoms with E-state index in [0.29, 0.717) is 41.4 Å². The Bertz CT molecular complexity index is 962. The van der Waals surface area contributed by atoms with Crippen LogP contribution in [0.2, 0.25) is 0 Å². The number of nitrogens with one attached hydrogen (secondary N) is 1. The molecular weight excluding hydrogens is 410 g/mol. The summed E-state index contributed by atoms with van der Waals surface area (Å²) >= 11 is 1.16. The molecule has 7 nitrogen and oxygen atoms in total. The monoisotopic (exact) mass is 435 g/mol. The number of nitrogens with zero attached hydrogens (tertiary/aromatic N) is 2. The second-order valence-electron chi connectivity index (χ2n) is 7.79. The van der Waals surface area contributed by atoms with Crippen molar-refractivity contribution in [1.82, 2.24) is 9.36 Å². The van der Waals surface area contributed by atoms with Gasteiger partial charge in [-0.25, -0.2) is 13.4 Å². The van der Waals surface area contributed by atoms with E-state index in [1.54, 1.807) is 31.2 Å². The van der Waals surface area contributed by atoms with E-state index in [1.807, 2.05) is 0 Å². The molecule has 2 aliphatic rings. The summed E-state index contributed by atoms with van der Waals surface area (Å²) in [5.41, 5.74) is 0.824. The van der Waals surface area contributed by atoms with E-state index in [1.165, 1.54) is 0 Å². The van der Waals surface area contributed by atoms with Gasteiger partial charge in [0, 0.05) is 24.7 Å². The van der Waals surface area contributed by atoms with Gasteiger partial charge in [0.1, 0.15) is 5.82 Å². The van der Waals surface area contributed by atoms with E-state index in [9.17, 15) is 13.2 Å². The maximum Gasteiger partial charge on any atom is 0.233 e. The van der Waals surface area contributed by atoms with Crippen LogP contribution in [0.4, 0.5) is 5.13 Å². The minimum Gasteiger partial charge on any atom is -0.381 e. The van der Waals surface area contributed by atoms with Crippen LogP contribution in [-0.4, -0.2) is 42.1 Å². The van der Waals surface area contributed by atoms with Crippen LogP contribution < -0.4 is 5.32 Å². The Morgan fingerprint density at radius 1 is 1.21 bits per heavy atom. The van der Waals surface area contributed by atoms with Gasteiger partial charge in [0.15, 0.2) is 9.84 Å². The van der Waals surface area contributed by atoms with Gasteiger partial charge in [0.05, 0.1) is 16.1 Å². The Kier molecular flexibility index (Phi) is 5.98. The van der Waals surface area contributed by atoms with Gasteiger partial charge in [-0.3, -0.25) is 4.79 Å². The van der Waals surface area contributed by atoms with Crippen molar-refractivity contribution in [3.05, 3.63) is 35.7 Å². The third-order valence-corrected chi connectivity index (χ3v) is 8.56. The van der Waals surface area contributed by atoms with Crippen LogP contribution in [0.25, 0.3) is 0 Å². The maximum absolute atomic E-state index is 13.1. The third kappa shape index (κ3) is 4.84. The molecule has 1 aromatic carbocycles. The summed E-state index contributed by atoms with van der Waals surface area (Å²) in [6, 6.07) is 6.85. The van der Waals surface area contributed by atoms with Crippen molar-refractivity contribution in [2.45, 2.75) is 55.1 Å². The van der Waals surface area contributed by atoms with Crippen molar-refractivity contribution in [1.29, 1.82) is 0 Å². The normalized spacial score (nSPS) is 19.1. The SMILES string of the molecule is Cc1nsc(NC(=O)[C@H](CC2CCOCC2)c2ccc(S(=O)(=O)C3CC3)cc2)n1. The van der Waals surface area contributed by atoms with Crippen LogP contribution in [0.5, 0.6) is 0 Å². The van der Waals surface area contributed by atoms with Crippen molar-refractivity contribution < 1.29 is 17.9 Å². The van der Waals surface area contributed by atoms with Crippen molar-refractivity contribution >= 4 is 32.4 Å². The van der Waals surface area contributed by atoms with Crippen LogP contribution in [0.1, 0.15) is 49.4 Å². The minimum atomic E-state index is -3.24. The fourth-order valence-electron chi connectivity index (χ4n) is 3.71. The molecule has 156 valence electrons. The van der Waals surface area contributed by atoms with E-state index in [2.05, 4.69) is 14.7 Å². The molecule has 0 spiro atoms. The Balaban J connectivity index is 1.55. The number of rotatable bonds is 7. The molecule has 2 aromatic rings. The zero-order chi connectivity index (χ0) is 20.4. The van der Waals surface area contributed by atoms with Gasteiger partial charge in [-0.2, -0.15) is 4.37 Å². The second-order valence-corrected chi connectivity index (χ2v) is 10.8. The largest absolute Gasteiger partial charge is 0.381 e. The fourth-order valence-corrected chi connectivity index (χ4v) is 5.95. The molecule has 1 saturated carbocycles. The highest BCUT2D eigenvalue weighted by molar-refractivity contribution is 7.92. The molecule has 1 N–H and O–H groups in total. The highest BCUT2D eigenvalue weighted by Gasteiger charge is 2.37. The molecule has 2 fully saturated rings. The summed E-state index contributed by atoms with van der Waals surface area (Å²) < 4.78 is 34.5. The molecule has 1 atom stereocenters. The highest BCUT2D eigenvalue weighted by Crippen LogP contribution is 2.35. The molecule has 1 amide bonds. The van der Waals surface area contributed by atoms with Gasteiger partial charge in [-0.05, 0) is 62.6 Å². The molecule has 1 aliphatic carbocycles. The molecule has 0 bridgehead atoms. The summed E-state index contributed by atoms with van der Waals surface area (Å²) in [5.74, 6) is 0.511. The summed E-state index contributed by atoms with van der Waals surface area (Å²) in [7, 11) is -3.24. The molecule has 1 aromatic heterocycles. The molecule has 2 heterocycles. The summed E-state index contributed by atoms with van der Waals surface area (Å²) in [6.45, 7) is 3.21. The van der Waals surface area contributed by atoms with Crippen molar-refractivity contribution in [3.63, 3.8) is 0 Å². The molecule has 4 rings (SSSR count). The third-order valence-electron chi connectivity index (χ3n) is 5.56. The predicted molar refractivity (Wildman–Crippen MR) is 111 cm³/mol. The Hall–Kier alpha value is -1.84. The lowest BCUT2D eigenvalue weighted by Gasteiger charge is -2.26. The number of benzene rings is 1. The van der Waals surface area contributed by atoms with E-state index in [-0.39, 0.29) is 17.1 Å². The van der Waals surface area contributed by atoms with E-state index < -0.39 is 9.84 Å². The smallest absolute Gasteiger partial charge is 0.233 e. The predicted octanol–water partition coefficient (Wildman–Crippen LogP) is 3.32. The van der Waals surface area contributed by atoms with E-state index in [0.717, 1.165) is 42.8 Å². The van der Waals surface area contributed by atoms with Gasteiger partial charge in [0.25, 0.3) is 0 Å². The number of carbonyl (C=O) groups is 1. The minimum absolute atomic E-state index is 0.134. The van der Waals surface area contributed by atoms with Crippen molar-refractivity contribution in [2.24, 2.45) is 5.92 Å². The van der Waals surface area contributed by atoms with Gasteiger partial charge >= 0.3 is 0 Å². The first kappa shape index (κ1) is 20.4. The van der Waals surface area contributed by atoms with Crippen LogP contribution in [0.3, 0.4) is 0 Å². The quantitative estimate of drug-likeness (QED) is 0.716. The number of anilines is 1. The molecule has 0 radical (unpaired) electrons. The summed E-state index contributed by atoms with van der Waals surface area (Å²) in [4.78, 5) is 17.6. The number of aromatic nitrogens is 2. The molecule has 0 unspecified atom stereocenters. The van der Waals surface area contributed by atoms with Gasteiger partial charge in [0.2, 0.25) is 11.0 Å². The van der Waals surface area contributed by atoms with Gasteiger partial charge in [-0.1, -0.05) is 12.1 Å². The second kappa shape index (κ2) is 8.49. The molecule has 29 heavy (non-hydrogen) atoms. The van der Waals surface area contributed by atoms with Crippen molar-refractivity contribution in [2.75, 3.05) is 18.5 Å². The number of carbonyl (C=O) groups excluding carboxylic acids is 1. The lowest BCUT2D eigenvalue weighted by atomic mass is 9.84. The number of hydrogen-bond donors (Lipinski definition) is 1. The number of hydrogen-bond acceptors (Lipinski definition) is 7. The number of ether oxygens (including phenoxy) is 1. The van der Waals surface area contributed by atoms with E-state index >= 15 is 0 Å². The fraction of sp³-hybridized carbons (Fsp3) is 0.550. The van der Waals surface area contributed by atoms with Crippen LogP contribution >= 0.6 is 11.5 Å². The highest BCUT2D eigenvalue weighted by atomic mass is 32.2. The summed E-state index contributed by atoms with van der Waals surface area (Å²) in [6.07, 6.45) is 4.02. The molecule has 1 saturated heterocycles. The standard InChI is InChI=1S/C20H25N3O4S2/c1-13-21-20(28-23-13)22-19(24)18(12-14-8-10-27-11-9-14)15-2-4-16(5-3-15)29(25,26)17-6-7-17/h2-5,14,17-18H,6-12H2,1H3,(H,21,22,23,24)/t18-/m1/s1. The Labute approximate surface area is 175 Å². The molecule has 1 aliphatic heterocycles. The zero-order valence-corrected chi connectivity index (χ0v) is 18.0. The van der Waals surface area contributed by atoms with Gasteiger partial charge < -0.3 is 10.1 Å². The van der Waals surface area contributed by atoms with Gasteiger partial charge in [-0.15, -0.1) is 0 Å². The first-order valence-electron chi connectivity index (χ1n) is 9.96. The van der Waals surface area contributed by atoms with Crippen LogP contribution in [0, 0.1) is 12.8 Å². The first-order valence-corrected chi connectivity index (χ1v) is 12.3. The van der Waals surface area contributed by atoms with Crippen LogP contribution in [-0.2, 0) is 19.4 Å². The average Bonchev–Trinajstić information content (AvgIpc) is 3.51. The topological polar surface area (TPSA) is 98.2 Å². The number of amides is 1. The lowest BCUT2D eigenvalue weighted by molar-refractivity contribution is -0.118. The van der Waals surface area contributed by atoms with Crippen LogP contribution in [0.15, 0.2) is 29.2 Å². The maximum atomic E-state index is 13.1. The Morgan fingerprint density at radius 2 is 1.90 bits per heavy atom. The number of sulfone groups is 1. The summed E-state index contributed by atoms with van der Waals surface area (Å²) in [5, 5.41) is 3.12.